The number of benzene rings is 3. The van der Waals surface area contributed by atoms with E-state index in [4.69, 9.17) is 14.2 Å². The van der Waals surface area contributed by atoms with Crippen LogP contribution in [0, 0.1) is 5.92 Å². The van der Waals surface area contributed by atoms with Gasteiger partial charge in [-0.1, -0.05) is 30.3 Å². The van der Waals surface area contributed by atoms with Gasteiger partial charge >= 0.3 is 0 Å². The Bertz CT molecular complexity index is 1310. The Morgan fingerprint density at radius 1 is 0.868 bits per heavy atom. The van der Waals surface area contributed by atoms with Crippen LogP contribution >= 0.6 is 0 Å². The van der Waals surface area contributed by atoms with Crippen LogP contribution in [0.5, 0.6) is 17.2 Å². The van der Waals surface area contributed by atoms with Crippen LogP contribution in [0.2, 0.25) is 0 Å². The number of anilines is 2. The van der Waals surface area contributed by atoms with Crippen LogP contribution in [0.3, 0.4) is 0 Å². The van der Waals surface area contributed by atoms with E-state index >= 15 is 0 Å². The van der Waals surface area contributed by atoms with Crippen molar-refractivity contribution in [2.24, 2.45) is 5.92 Å². The summed E-state index contributed by atoms with van der Waals surface area (Å²) < 4.78 is 16.4. The van der Waals surface area contributed by atoms with Gasteiger partial charge in [-0.05, 0) is 48.4 Å². The number of methoxy groups -OCH3 is 1. The van der Waals surface area contributed by atoms with Crippen molar-refractivity contribution in [2.75, 3.05) is 49.9 Å². The maximum absolute atomic E-state index is 14.1. The van der Waals surface area contributed by atoms with Crippen molar-refractivity contribution in [3.63, 3.8) is 0 Å². The van der Waals surface area contributed by atoms with Crippen molar-refractivity contribution >= 4 is 23.2 Å². The molecule has 0 aliphatic carbocycles. The predicted molar refractivity (Wildman–Crippen MR) is 144 cm³/mol. The highest BCUT2D eigenvalue weighted by molar-refractivity contribution is 5.98. The van der Waals surface area contributed by atoms with Gasteiger partial charge in [-0.2, -0.15) is 0 Å². The zero-order valence-corrected chi connectivity index (χ0v) is 21.4. The van der Waals surface area contributed by atoms with Gasteiger partial charge in [0.1, 0.15) is 5.75 Å². The van der Waals surface area contributed by atoms with Crippen LogP contribution in [-0.2, 0) is 9.59 Å². The molecule has 3 aliphatic heterocycles. The Kier molecular flexibility index (Phi) is 6.54. The lowest BCUT2D eigenvalue weighted by molar-refractivity contribution is -0.138. The van der Waals surface area contributed by atoms with Crippen molar-refractivity contribution in [3.8, 4) is 17.2 Å². The Labute approximate surface area is 222 Å². The van der Waals surface area contributed by atoms with Gasteiger partial charge < -0.3 is 28.9 Å². The monoisotopic (exact) mass is 513 g/mol. The number of carbonyl (C=O) groups excluding carboxylic acids is 2. The van der Waals surface area contributed by atoms with Gasteiger partial charge in [0.15, 0.2) is 11.5 Å². The fraction of sp³-hybridized carbons (Fsp3) is 0.333. The first-order valence-electron chi connectivity index (χ1n) is 13.1. The number of nitrogens with zero attached hydrogens (tertiary/aromatic N) is 3. The minimum Gasteiger partial charge on any atom is -0.497 e. The topological polar surface area (TPSA) is 71.6 Å². The number of hydrogen-bond acceptors (Lipinski definition) is 6. The van der Waals surface area contributed by atoms with Gasteiger partial charge in [-0.3, -0.25) is 9.59 Å². The molecular formula is C30H31N3O5. The van der Waals surface area contributed by atoms with E-state index in [1.165, 1.54) is 5.69 Å². The highest BCUT2D eigenvalue weighted by Crippen LogP contribution is 2.44. The first kappa shape index (κ1) is 24.2. The van der Waals surface area contributed by atoms with Crippen LogP contribution in [0.25, 0.3) is 0 Å². The van der Waals surface area contributed by atoms with Crippen molar-refractivity contribution in [2.45, 2.75) is 18.9 Å². The molecule has 3 aliphatic rings. The number of piperidine rings is 1. The fourth-order valence-electron chi connectivity index (χ4n) is 5.73. The quantitative estimate of drug-likeness (QED) is 0.508. The molecule has 0 spiro atoms. The summed E-state index contributed by atoms with van der Waals surface area (Å²) in [6.45, 7) is 3.01. The third kappa shape index (κ3) is 4.51. The van der Waals surface area contributed by atoms with E-state index in [0.29, 0.717) is 43.1 Å². The highest BCUT2D eigenvalue weighted by Gasteiger charge is 2.43. The first-order chi connectivity index (χ1) is 18.6. The molecule has 3 aromatic carbocycles. The zero-order valence-electron chi connectivity index (χ0n) is 21.4. The van der Waals surface area contributed by atoms with E-state index in [-0.39, 0.29) is 24.5 Å². The standard InChI is InChI=1S/C30H31N3O5/c1-36-24-10-7-21(8-11-24)29-25(30(35)32-17-15-31(16-18-32)22-5-3-2-4-6-22)12-14-28(34)33(29)23-9-13-26-27(19-23)38-20-37-26/h2-11,13,19,25,29H,12,14-18,20H2,1H3/t25-,29+/m0/s1. The van der Waals surface area contributed by atoms with Crippen molar-refractivity contribution < 1.29 is 23.8 Å². The molecule has 0 saturated carbocycles. The summed E-state index contributed by atoms with van der Waals surface area (Å²) >= 11 is 0. The molecule has 2 amide bonds. The summed E-state index contributed by atoms with van der Waals surface area (Å²) in [5.41, 5.74) is 2.78. The van der Waals surface area contributed by atoms with Crippen LogP contribution in [0.4, 0.5) is 11.4 Å². The molecule has 0 bridgehead atoms. The maximum Gasteiger partial charge on any atom is 0.231 e. The van der Waals surface area contributed by atoms with Gasteiger partial charge in [-0.25, -0.2) is 0 Å². The molecule has 8 nitrogen and oxygen atoms in total. The van der Waals surface area contributed by atoms with Gasteiger partial charge in [0, 0.05) is 50.0 Å². The van der Waals surface area contributed by atoms with E-state index in [2.05, 4.69) is 17.0 Å². The number of ether oxygens (including phenoxy) is 3. The van der Waals surface area contributed by atoms with Gasteiger partial charge in [0.05, 0.1) is 19.1 Å². The Morgan fingerprint density at radius 3 is 2.34 bits per heavy atom. The summed E-state index contributed by atoms with van der Waals surface area (Å²) in [5.74, 6) is 1.71. The van der Waals surface area contributed by atoms with E-state index in [1.807, 2.05) is 65.6 Å². The van der Waals surface area contributed by atoms with Gasteiger partial charge in [0.25, 0.3) is 0 Å². The molecule has 3 aromatic rings. The lowest BCUT2D eigenvalue weighted by Gasteiger charge is -2.44. The lowest BCUT2D eigenvalue weighted by atomic mass is 9.82. The van der Waals surface area contributed by atoms with Gasteiger partial charge in [-0.15, -0.1) is 0 Å². The molecule has 38 heavy (non-hydrogen) atoms. The van der Waals surface area contributed by atoms with Crippen LogP contribution in [0.15, 0.2) is 72.8 Å². The van der Waals surface area contributed by atoms with E-state index in [1.54, 1.807) is 12.0 Å². The third-order valence-electron chi connectivity index (χ3n) is 7.72. The summed E-state index contributed by atoms with van der Waals surface area (Å²) in [6.07, 6.45) is 0.815. The Morgan fingerprint density at radius 2 is 1.61 bits per heavy atom. The minimum atomic E-state index is -0.442. The second-order valence-corrected chi connectivity index (χ2v) is 9.81. The largest absolute Gasteiger partial charge is 0.497 e. The summed E-state index contributed by atoms with van der Waals surface area (Å²) in [5, 5.41) is 0. The van der Waals surface area contributed by atoms with Crippen LogP contribution < -0.4 is 24.0 Å². The molecular weight excluding hydrogens is 482 g/mol. The summed E-state index contributed by atoms with van der Waals surface area (Å²) in [7, 11) is 1.62. The molecule has 196 valence electrons. The number of fused-ring (bicyclic) bond motifs is 1. The van der Waals surface area contributed by atoms with Gasteiger partial charge in [0.2, 0.25) is 18.6 Å². The second-order valence-electron chi connectivity index (χ2n) is 9.81. The number of amides is 2. The van der Waals surface area contributed by atoms with E-state index in [9.17, 15) is 9.59 Å². The second kappa shape index (κ2) is 10.3. The molecule has 0 unspecified atom stereocenters. The molecule has 8 heteroatoms. The summed E-state index contributed by atoms with van der Waals surface area (Å²) in [4.78, 5) is 33.6. The fourth-order valence-corrected chi connectivity index (χ4v) is 5.73. The molecule has 6 rings (SSSR count). The molecule has 2 saturated heterocycles. The van der Waals surface area contributed by atoms with E-state index < -0.39 is 6.04 Å². The molecule has 2 fully saturated rings. The third-order valence-corrected chi connectivity index (χ3v) is 7.72. The first-order valence-corrected chi connectivity index (χ1v) is 13.1. The Balaban J connectivity index is 1.30. The Hall–Kier alpha value is -4.20. The van der Waals surface area contributed by atoms with Crippen LogP contribution in [-0.4, -0.2) is 56.8 Å². The smallest absolute Gasteiger partial charge is 0.231 e. The van der Waals surface area contributed by atoms with E-state index in [0.717, 1.165) is 24.4 Å². The average Bonchev–Trinajstić information content (AvgIpc) is 3.45. The number of para-hydroxylation sites is 1. The summed E-state index contributed by atoms with van der Waals surface area (Å²) in [6, 6.07) is 23.1. The highest BCUT2D eigenvalue weighted by atomic mass is 16.7. The maximum atomic E-state index is 14.1. The van der Waals surface area contributed by atoms with Crippen molar-refractivity contribution in [3.05, 3.63) is 78.4 Å². The SMILES string of the molecule is COc1ccc([C@@H]2[C@@H](C(=O)N3CCN(c4ccccc4)CC3)CCC(=O)N2c2ccc3c(c2)OCO3)cc1. The predicted octanol–water partition coefficient (Wildman–Crippen LogP) is 4.26. The van der Waals surface area contributed by atoms with Crippen LogP contribution in [0.1, 0.15) is 24.4 Å². The number of carbonyl (C=O) groups is 2. The number of hydrogen-bond donors (Lipinski definition) is 0. The number of piperazine rings is 1. The van der Waals surface area contributed by atoms with Crippen molar-refractivity contribution in [1.29, 1.82) is 0 Å². The molecule has 2 atom stereocenters. The molecule has 0 N–H and O–H groups in total. The number of rotatable bonds is 5. The lowest BCUT2D eigenvalue weighted by Crippen LogP contribution is -2.54. The van der Waals surface area contributed by atoms with Crippen molar-refractivity contribution in [1.82, 2.24) is 4.90 Å². The molecule has 0 radical (unpaired) electrons. The molecule has 0 aromatic heterocycles. The zero-order chi connectivity index (χ0) is 26.1. The average molecular weight is 514 g/mol. The normalized spacial score (nSPS) is 21.0. The minimum absolute atomic E-state index is 0.0115. The molecule has 3 heterocycles.